The van der Waals surface area contributed by atoms with Crippen LogP contribution < -0.4 is 5.32 Å². The van der Waals surface area contributed by atoms with Gasteiger partial charge in [-0.25, -0.2) is 14.8 Å². The summed E-state index contributed by atoms with van der Waals surface area (Å²) in [5.74, 6) is 1.66. The van der Waals surface area contributed by atoms with Crippen LogP contribution >= 0.6 is 11.3 Å². The highest BCUT2D eigenvalue weighted by Gasteiger charge is 2.38. The number of aromatic amines is 2. The van der Waals surface area contributed by atoms with Crippen molar-refractivity contribution in [3.8, 4) is 33.6 Å². The van der Waals surface area contributed by atoms with Crippen LogP contribution in [0.3, 0.4) is 0 Å². The Labute approximate surface area is 361 Å². The molecule has 6 aromatic rings. The third-order valence-corrected chi connectivity index (χ3v) is 13.0. The molecule has 8 rings (SSSR count). The molecule has 2 aliphatic heterocycles. The van der Waals surface area contributed by atoms with Crippen molar-refractivity contribution in [3.63, 3.8) is 0 Å². The van der Waals surface area contributed by atoms with E-state index in [-0.39, 0.29) is 36.4 Å². The first kappa shape index (κ1) is 41.7. The van der Waals surface area contributed by atoms with E-state index in [0.29, 0.717) is 13.0 Å². The first-order valence-electron chi connectivity index (χ1n) is 21.4. The van der Waals surface area contributed by atoms with E-state index >= 15 is 0 Å². The monoisotopic (exact) mass is 838 g/mol. The lowest BCUT2D eigenvalue weighted by Gasteiger charge is -2.34. The Balaban J connectivity index is 0.907. The van der Waals surface area contributed by atoms with Crippen molar-refractivity contribution >= 4 is 29.2 Å². The number of thiophene rings is 1. The number of likely N-dealkylation sites (N-methyl/N-ethyl adjacent to an activating group) is 1. The predicted octanol–water partition coefficient (Wildman–Crippen LogP) is 8.96. The minimum absolute atomic E-state index is 0.0511. The molecule has 2 aliphatic rings. The van der Waals surface area contributed by atoms with Crippen molar-refractivity contribution in [1.82, 2.24) is 40.0 Å². The van der Waals surface area contributed by atoms with Crippen molar-refractivity contribution < 1.29 is 19.1 Å². The molecule has 0 aliphatic carbocycles. The van der Waals surface area contributed by atoms with Crippen molar-refractivity contribution in [2.75, 3.05) is 33.2 Å². The second-order valence-corrected chi connectivity index (χ2v) is 16.8. The zero-order chi connectivity index (χ0) is 42.3. The number of alkyl carbamates (subject to hydrolysis) is 1. The third kappa shape index (κ3) is 9.33. The Hall–Kier alpha value is -6.05. The number of ether oxygens (including phenoxy) is 1. The SMILES string of the molecule is CCN(CC)[C@@H](C(=O)N1CCC[C@H]1c1ncc(-c2ccc(-c3ccc(-c4cnc([C@@H]5CCCN5C(=O)C[C@H](Cc5cccs5)OC(=O)NC)[nH]4)cc3)cc2)[nH]1)c1ccccc1. The standard InChI is InChI=1S/C48H54N8O4S/c1-4-54(5-2)44(36-12-7-6-8-13-36)47(58)56-26-10-16-42(56)46-51-31-40(53-46)35-23-19-33(20-24-35)32-17-21-34(22-18-32)39-30-50-45(52-39)41-15-9-25-55(41)43(57)29-37(60-48(59)49-3)28-38-14-11-27-61-38/h6-8,11-14,17-24,27,30-31,37,41-42,44H,4-5,9-10,15-16,25-26,28-29H2,1-3H3,(H,49,59)(H,50,52)(H,51,53)/t37-,41-,42-,44+/m0/s1. The van der Waals surface area contributed by atoms with E-state index in [4.69, 9.17) is 14.7 Å². The second kappa shape index (κ2) is 19.1. The molecule has 2 fully saturated rings. The summed E-state index contributed by atoms with van der Waals surface area (Å²) >= 11 is 1.58. The van der Waals surface area contributed by atoms with E-state index in [2.05, 4.69) is 94.7 Å². The third-order valence-electron chi connectivity index (χ3n) is 12.1. The van der Waals surface area contributed by atoms with Gasteiger partial charge in [0.25, 0.3) is 0 Å². The lowest BCUT2D eigenvalue weighted by atomic mass is 10.0. The molecular formula is C48H54N8O4S. The zero-order valence-corrected chi connectivity index (χ0v) is 35.9. The smallest absolute Gasteiger partial charge is 0.407 e. The average Bonchev–Trinajstić information content (AvgIpc) is 4.16. The molecule has 13 heteroatoms. The van der Waals surface area contributed by atoms with Gasteiger partial charge in [0.15, 0.2) is 0 Å². The minimum Gasteiger partial charge on any atom is -0.445 e. The maximum Gasteiger partial charge on any atom is 0.407 e. The number of rotatable bonds is 15. The summed E-state index contributed by atoms with van der Waals surface area (Å²) in [5.41, 5.74) is 7.04. The van der Waals surface area contributed by atoms with Crippen LogP contribution in [0.5, 0.6) is 0 Å². The maximum atomic E-state index is 14.2. The minimum atomic E-state index is -0.560. The van der Waals surface area contributed by atoms with Gasteiger partial charge in [0.05, 0.1) is 42.3 Å². The first-order chi connectivity index (χ1) is 29.8. The number of likely N-dealkylation sites (tertiary alicyclic amines) is 2. The summed E-state index contributed by atoms with van der Waals surface area (Å²) in [6.07, 6.45) is 6.71. The lowest BCUT2D eigenvalue weighted by Crippen LogP contribution is -2.43. The Morgan fingerprint density at radius 1 is 0.770 bits per heavy atom. The summed E-state index contributed by atoms with van der Waals surface area (Å²) in [6, 6.07) is 30.3. The van der Waals surface area contributed by atoms with Crippen molar-refractivity contribution in [1.29, 1.82) is 0 Å². The molecular weight excluding hydrogens is 785 g/mol. The summed E-state index contributed by atoms with van der Waals surface area (Å²) < 4.78 is 5.60. The van der Waals surface area contributed by atoms with Crippen molar-refractivity contribution in [2.24, 2.45) is 0 Å². The highest BCUT2D eigenvalue weighted by Crippen LogP contribution is 2.37. The van der Waals surface area contributed by atoms with Crippen LogP contribution in [0.4, 0.5) is 4.79 Å². The predicted molar refractivity (Wildman–Crippen MR) is 238 cm³/mol. The Kier molecular flexibility index (Phi) is 13.1. The molecule has 3 aromatic carbocycles. The fourth-order valence-electron chi connectivity index (χ4n) is 8.88. The zero-order valence-electron chi connectivity index (χ0n) is 35.1. The molecule has 0 radical (unpaired) electrons. The Morgan fingerprint density at radius 2 is 1.33 bits per heavy atom. The van der Waals surface area contributed by atoms with E-state index in [0.717, 1.165) is 101 Å². The van der Waals surface area contributed by atoms with Gasteiger partial charge in [0.1, 0.15) is 23.8 Å². The van der Waals surface area contributed by atoms with E-state index in [1.54, 1.807) is 11.3 Å². The van der Waals surface area contributed by atoms with Gasteiger partial charge in [0, 0.05) is 31.4 Å². The number of nitrogens with zero attached hydrogens (tertiary/aromatic N) is 5. The Morgan fingerprint density at radius 3 is 1.87 bits per heavy atom. The van der Waals surface area contributed by atoms with Gasteiger partial charge in [0.2, 0.25) is 11.8 Å². The summed E-state index contributed by atoms with van der Waals surface area (Å²) in [5, 5.41) is 4.48. The molecule has 0 saturated carbocycles. The largest absolute Gasteiger partial charge is 0.445 e. The number of carbonyl (C=O) groups excluding carboxylic acids is 3. The second-order valence-electron chi connectivity index (χ2n) is 15.8. The normalized spacial score (nSPS) is 17.4. The molecule has 0 spiro atoms. The quantitative estimate of drug-likeness (QED) is 0.0939. The van der Waals surface area contributed by atoms with Gasteiger partial charge >= 0.3 is 6.09 Å². The van der Waals surface area contributed by atoms with E-state index < -0.39 is 12.2 Å². The molecule has 3 amide bonds. The topological polar surface area (TPSA) is 140 Å². The fraction of sp³-hybridized carbons (Fsp3) is 0.354. The number of hydrogen-bond acceptors (Lipinski definition) is 8. The summed E-state index contributed by atoms with van der Waals surface area (Å²) in [6.45, 7) is 7.16. The van der Waals surface area contributed by atoms with Gasteiger partial charge in [-0.3, -0.25) is 14.5 Å². The van der Waals surface area contributed by atoms with E-state index in [9.17, 15) is 14.4 Å². The number of amides is 3. The van der Waals surface area contributed by atoms with Crippen LogP contribution in [0.2, 0.25) is 0 Å². The Bertz CT molecular complexity index is 2370. The number of H-pyrrole nitrogens is 2. The summed E-state index contributed by atoms with van der Waals surface area (Å²) in [7, 11) is 1.52. The van der Waals surface area contributed by atoms with Gasteiger partial charge in [-0.15, -0.1) is 11.3 Å². The first-order valence-corrected chi connectivity index (χ1v) is 22.3. The molecule has 5 heterocycles. The maximum absolute atomic E-state index is 14.2. The van der Waals surface area contributed by atoms with Crippen LogP contribution in [0, 0.1) is 0 Å². The van der Waals surface area contributed by atoms with Gasteiger partial charge in [-0.1, -0.05) is 98.8 Å². The van der Waals surface area contributed by atoms with Gasteiger partial charge < -0.3 is 29.8 Å². The fourth-order valence-corrected chi connectivity index (χ4v) is 9.65. The average molecular weight is 839 g/mol. The number of carbonyl (C=O) groups is 3. The summed E-state index contributed by atoms with van der Waals surface area (Å²) in [4.78, 5) is 63.8. The van der Waals surface area contributed by atoms with E-state index in [1.165, 1.54) is 7.05 Å². The molecule has 3 aromatic heterocycles. The molecule has 0 bridgehead atoms. The van der Waals surface area contributed by atoms with E-state index in [1.807, 2.05) is 57.9 Å². The molecule has 3 N–H and O–H groups in total. The molecule has 316 valence electrons. The number of imidazole rings is 2. The molecule has 2 saturated heterocycles. The van der Waals surface area contributed by atoms with Crippen LogP contribution in [0.25, 0.3) is 33.6 Å². The number of aromatic nitrogens is 4. The number of benzene rings is 3. The van der Waals surface area contributed by atoms with Crippen molar-refractivity contribution in [2.45, 2.75) is 76.6 Å². The highest BCUT2D eigenvalue weighted by molar-refractivity contribution is 7.09. The lowest BCUT2D eigenvalue weighted by molar-refractivity contribution is -0.138. The van der Waals surface area contributed by atoms with Crippen LogP contribution in [-0.2, 0) is 20.7 Å². The highest BCUT2D eigenvalue weighted by atomic mass is 32.1. The van der Waals surface area contributed by atoms with Gasteiger partial charge in [-0.05, 0) is 78.0 Å². The molecule has 0 unspecified atom stereocenters. The van der Waals surface area contributed by atoms with Crippen LogP contribution in [-0.4, -0.2) is 91.9 Å². The molecule has 4 atom stereocenters. The number of nitrogens with one attached hydrogen (secondary N) is 3. The van der Waals surface area contributed by atoms with Crippen LogP contribution in [0.15, 0.2) is 109 Å². The molecule has 61 heavy (non-hydrogen) atoms. The van der Waals surface area contributed by atoms with Crippen molar-refractivity contribution in [3.05, 3.63) is 131 Å². The number of hydrogen-bond donors (Lipinski definition) is 3. The van der Waals surface area contributed by atoms with Gasteiger partial charge in [-0.2, -0.15) is 0 Å². The van der Waals surface area contributed by atoms with Crippen LogP contribution in [0.1, 0.15) is 86.2 Å². The molecule has 12 nitrogen and oxygen atoms in total.